The minimum atomic E-state index is -0.133. The number of rotatable bonds is 3. The summed E-state index contributed by atoms with van der Waals surface area (Å²) in [5.41, 5.74) is 3.42. The number of halogens is 1. The summed E-state index contributed by atoms with van der Waals surface area (Å²) in [6.45, 7) is 3.35. The first-order valence-electron chi connectivity index (χ1n) is 4.90. The van der Waals surface area contributed by atoms with Crippen LogP contribution in [0.15, 0.2) is 22.7 Å². The molecule has 0 spiro atoms. The molecule has 0 saturated heterocycles. The van der Waals surface area contributed by atoms with Crippen LogP contribution in [-0.4, -0.2) is 23.1 Å². The molecule has 1 unspecified atom stereocenters. The van der Waals surface area contributed by atoms with Gasteiger partial charge in [-0.1, -0.05) is 22.0 Å². The van der Waals surface area contributed by atoms with E-state index in [-0.39, 0.29) is 17.7 Å². The number of aromatic hydroxyl groups is 1. The van der Waals surface area contributed by atoms with Gasteiger partial charge in [-0.15, -0.1) is 0 Å². The van der Waals surface area contributed by atoms with Crippen LogP contribution in [0.4, 0.5) is 0 Å². The molecule has 0 aromatic heterocycles. The largest absolute Gasteiger partial charge is 0.508 e. The third-order valence-electron chi connectivity index (χ3n) is 2.36. The highest BCUT2D eigenvalue weighted by atomic mass is 79.9. The maximum absolute atomic E-state index is 10.9. The molecule has 0 aliphatic rings. The molecule has 0 aliphatic heterocycles. The summed E-state index contributed by atoms with van der Waals surface area (Å²) < 4.78 is 0.822. The molecule has 5 heteroatoms. The van der Waals surface area contributed by atoms with E-state index >= 15 is 0 Å². The molecule has 16 heavy (non-hydrogen) atoms. The Morgan fingerprint density at radius 1 is 1.56 bits per heavy atom. The number of phenols is 1. The smallest absolute Gasteiger partial charge is 0.231 e. The van der Waals surface area contributed by atoms with Crippen LogP contribution in [0.3, 0.4) is 0 Å². The van der Waals surface area contributed by atoms with Gasteiger partial charge in [-0.2, -0.15) is 0 Å². The van der Waals surface area contributed by atoms with Gasteiger partial charge in [-0.05, 0) is 19.1 Å². The second kappa shape index (κ2) is 5.32. The molecule has 0 fully saturated rings. The quantitative estimate of drug-likeness (QED) is 0.838. The van der Waals surface area contributed by atoms with Crippen molar-refractivity contribution in [2.45, 2.75) is 19.9 Å². The minimum Gasteiger partial charge on any atom is -0.508 e. The van der Waals surface area contributed by atoms with Crippen LogP contribution in [0.5, 0.6) is 5.75 Å². The standard InChI is InChI=1S/C11H15BrN2O2/c1-7(14(3)13-8(2)15)10-5-4-9(12)6-11(10)16/h4-7,16H,1-3H3,(H,13,15). The van der Waals surface area contributed by atoms with Gasteiger partial charge in [0.05, 0.1) is 6.04 Å². The zero-order chi connectivity index (χ0) is 12.3. The average molecular weight is 287 g/mol. The van der Waals surface area contributed by atoms with Gasteiger partial charge in [0.2, 0.25) is 5.91 Å². The maximum Gasteiger partial charge on any atom is 0.231 e. The van der Waals surface area contributed by atoms with E-state index in [0.717, 1.165) is 10.0 Å². The van der Waals surface area contributed by atoms with E-state index < -0.39 is 0 Å². The molecule has 1 atom stereocenters. The van der Waals surface area contributed by atoms with Crippen LogP contribution in [-0.2, 0) is 4.79 Å². The summed E-state index contributed by atoms with van der Waals surface area (Å²) in [5, 5.41) is 11.4. The lowest BCUT2D eigenvalue weighted by Crippen LogP contribution is -2.39. The van der Waals surface area contributed by atoms with Crippen LogP contribution in [0.25, 0.3) is 0 Å². The average Bonchev–Trinajstić information content (AvgIpc) is 2.15. The second-order valence-corrected chi connectivity index (χ2v) is 4.57. The normalized spacial score (nSPS) is 12.6. The van der Waals surface area contributed by atoms with E-state index in [2.05, 4.69) is 21.4 Å². The molecule has 0 radical (unpaired) electrons. The van der Waals surface area contributed by atoms with Gasteiger partial charge in [-0.3, -0.25) is 10.2 Å². The fourth-order valence-corrected chi connectivity index (χ4v) is 1.77. The number of carbonyl (C=O) groups excluding carboxylic acids is 1. The van der Waals surface area contributed by atoms with Crippen molar-refractivity contribution in [2.24, 2.45) is 0 Å². The summed E-state index contributed by atoms with van der Waals surface area (Å²) in [6, 6.07) is 5.21. The third kappa shape index (κ3) is 3.21. The number of hydrogen-bond donors (Lipinski definition) is 2. The highest BCUT2D eigenvalue weighted by Crippen LogP contribution is 2.29. The third-order valence-corrected chi connectivity index (χ3v) is 2.85. The van der Waals surface area contributed by atoms with Gasteiger partial charge in [0.25, 0.3) is 0 Å². The van der Waals surface area contributed by atoms with E-state index in [1.54, 1.807) is 18.1 Å². The first-order chi connectivity index (χ1) is 7.41. The predicted octanol–water partition coefficient (Wildman–Crippen LogP) is 2.20. The Kier molecular flexibility index (Phi) is 4.32. The lowest BCUT2D eigenvalue weighted by Gasteiger charge is -2.25. The van der Waals surface area contributed by atoms with Crippen LogP contribution in [0.1, 0.15) is 25.5 Å². The molecule has 1 rings (SSSR count). The number of hydrogen-bond acceptors (Lipinski definition) is 3. The van der Waals surface area contributed by atoms with Crippen molar-refractivity contribution in [3.8, 4) is 5.75 Å². The minimum absolute atomic E-state index is 0.100. The SMILES string of the molecule is CC(=O)NN(C)C(C)c1ccc(Br)cc1O. The summed E-state index contributed by atoms with van der Waals surface area (Å²) in [7, 11) is 1.76. The van der Waals surface area contributed by atoms with E-state index in [4.69, 9.17) is 0 Å². The van der Waals surface area contributed by atoms with Crippen molar-refractivity contribution >= 4 is 21.8 Å². The van der Waals surface area contributed by atoms with E-state index in [0.29, 0.717) is 0 Å². The Balaban J connectivity index is 2.87. The molecule has 0 bridgehead atoms. The number of carbonyl (C=O) groups is 1. The first-order valence-corrected chi connectivity index (χ1v) is 5.69. The van der Waals surface area contributed by atoms with E-state index in [1.165, 1.54) is 6.92 Å². The molecule has 4 nitrogen and oxygen atoms in total. The van der Waals surface area contributed by atoms with Gasteiger partial charge in [0.15, 0.2) is 0 Å². The molecule has 0 heterocycles. The van der Waals surface area contributed by atoms with Gasteiger partial charge >= 0.3 is 0 Å². The fraction of sp³-hybridized carbons (Fsp3) is 0.364. The zero-order valence-electron chi connectivity index (χ0n) is 9.49. The molecule has 0 saturated carbocycles. The predicted molar refractivity (Wildman–Crippen MR) is 65.8 cm³/mol. The Morgan fingerprint density at radius 2 is 2.19 bits per heavy atom. The Hall–Kier alpha value is -1.07. The Labute approximate surface area is 103 Å². The van der Waals surface area contributed by atoms with Crippen LogP contribution in [0, 0.1) is 0 Å². The molecular formula is C11H15BrN2O2. The number of benzene rings is 1. The van der Waals surface area contributed by atoms with Gasteiger partial charge in [0.1, 0.15) is 5.75 Å². The number of nitrogens with one attached hydrogen (secondary N) is 1. The topological polar surface area (TPSA) is 52.6 Å². The number of nitrogens with zero attached hydrogens (tertiary/aromatic N) is 1. The Bertz CT molecular complexity index is 396. The van der Waals surface area contributed by atoms with Crippen molar-refractivity contribution in [3.05, 3.63) is 28.2 Å². The van der Waals surface area contributed by atoms with Gasteiger partial charge in [0, 0.05) is 24.0 Å². The molecule has 2 N–H and O–H groups in total. The monoisotopic (exact) mass is 286 g/mol. The fourth-order valence-electron chi connectivity index (χ4n) is 1.42. The summed E-state index contributed by atoms with van der Waals surface area (Å²) in [6.07, 6.45) is 0. The molecule has 88 valence electrons. The molecule has 1 aromatic carbocycles. The molecule has 1 amide bonds. The first kappa shape index (κ1) is 13.0. The lowest BCUT2D eigenvalue weighted by atomic mass is 10.1. The summed E-state index contributed by atoms with van der Waals surface area (Å²) >= 11 is 3.28. The van der Waals surface area contributed by atoms with Crippen molar-refractivity contribution < 1.29 is 9.90 Å². The van der Waals surface area contributed by atoms with E-state index in [9.17, 15) is 9.90 Å². The van der Waals surface area contributed by atoms with Crippen molar-refractivity contribution in [1.82, 2.24) is 10.4 Å². The van der Waals surface area contributed by atoms with Crippen molar-refractivity contribution in [3.63, 3.8) is 0 Å². The van der Waals surface area contributed by atoms with Crippen LogP contribution in [0.2, 0.25) is 0 Å². The molecule has 1 aromatic rings. The molecule has 0 aliphatic carbocycles. The summed E-state index contributed by atoms with van der Waals surface area (Å²) in [5.74, 6) is 0.0741. The Morgan fingerprint density at radius 3 is 2.69 bits per heavy atom. The summed E-state index contributed by atoms with van der Waals surface area (Å²) in [4.78, 5) is 10.9. The zero-order valence-corrected chi connectivity index (χ0v) is 11.1. The van der Waals surface area contributed by atoms with Crippen molar-refractivity contribution in [1.29, 1.82) is 0 Å². The molecular weight excluding hydrogens is 272 g/mol. The van der Waals surface area contributed by atoms with Crippen LogP contribution < -0.4 is 5.43 Å². The van der Waals surface area contributed by atoms with Gasteiger partial charge < -0.3 is 5.11 Å². The maximum atomic E-state index is 10.9. The van der Waals surface area contributed by atoms with E-state index in [1.807, 2.05) is 19.1 Å². The van der Waals surface area contributed by atoms with Crippen molar-refractivity contribution in [2.75, 3.05) is 7.05 Å². The number of amides is 1. The second-order valence-electron chi connectivity index (χ2n) is 3.66. The van der Waals surface area contributed by atoms with Gasteiger partial charge in [-0.25, -0.2) is 5.01 Å². The highest BCUT2D eigenvalue weighted by Gasteiger charge is 2.15. The number of hydrazine groups is 1. The highest BCUT2D eigenvalue weighted by molar-refractivity contribution is 9.10. The lowest BCUT2D eigenvalue weighted by molar-refractivity contribution is -0.124. The number of phenolic OH excluding ortho intramolecular Hbond substituents is 1. The van der Waals surface area contributed by atoms with Crippen LogP contribution >= 0.6 is 15.9 Å².